The first-order chi connectivity index (χ1) is 7.70. The Morgan fingerprint density at radius 2 is 2.44 bits per heavy atom. The van der Waals surface area contributed by atoms with Crippen LogP contribution in [-0.2, 0) is 14.3 Å². The van der Waals surface area contributed by atoms with Crippen LogP contribution in [0.3, 0.4) is 0 Å². The predicted octanol–water partition coefficient (Wildman–Crippen LogP) is -0.236. The van der Waals surface area contributed by atoms with Gasteiger partial charge in [-0.05, 0) is 5.92 Å². The van der Waals surface area contributed by atoms with Crippen molar-refractivity contribution >= 4 is 5.91 Å². The molecule has 1 atom stereocenters. The number of ether oxygens (including phenoxy) is 2. The second-order valence-corrected chi connectivity index (χ2v) is 4.32. The second kappa shape index (κ2) is 7.60. The zero-order valence-electron chi connectivity index (χ0n) is 10.1. The van der Waals surface area contributed by atoms with E-state index in [1.807, 2.05) is 0 Å². The molecule has 1 saturated heterocycles. The van der Waals surface area contributed by atoms with Crippen LogP contribution >= 0.6 is 0 Å². The highest BCUT2D eigenvalue weighted by molar-refractivity contribution is 5.81. The lowest BCUT2D eigenvalue weighted by Gasteiger charge is -2.22. The molecule has 16 heavy (non-hydrogen) atoms. The predicted molar refractivity (Wildman–Crippen MR) is 61.3 cm³/mol. The van der Waals surface area contributed by atoms with Crippen molar-refractivity contribution in [2.75, 3.05) is 39.5 Å². The molecule has 0 aromatic heterocycles. The van der Waals surface area contributed by atoms with E-state index in [9.17, 15) is 4.79 Å². The molecule has 0 radical (unpaired) electrons. The average Bonchev–Trinajstić information content (AvgIpc) is 2.29. The molecule has 1 unspecified atom stereocenters. The Morgan fingerprint density at radius 3 is 3.06 bits per heavy atom. The Balaban J connectivity index is 2.01. The number of morpholine rings is 1. The van der Waals surface area contributed by atoms with Crippen LogP contribution < -0.4 is 10.6 Å². The zero-order valence-corrected chi connectivity index (χ0v) is 10.1. The number of hydrogen-bond donors (Lipinski definition) is 2. The number of nitrogens with one attached hydrogen (secondary N) is 2. The van der Waals surface area contributed by atoms with Gasteiger partial charge in [-0.25, -0.2) is 0 Å². The smallest absolute Gasteiger partial charge is 0.250 e. The van der Waals surface area contributed by atoms with E-state index in [1.54, 1.807) is 0 Å². The third-order valence-corrected chi connectivity index (χ3v) is 2.22. The highest BCUT2D eigenvalue weighted by atomic mass is 16.5. The fourth-order valence-electron chi connectivity index (χ4n) is 1.41. The van der Waals surface area contributed by atoms with Crippen LogP contribution in [0.15, 0.2) is 0 Å². The highest BCUT2D eigenvalue weighted by Gasteiger charge is 2.20. The fraction of sp³-hybridized carbons (Fsp3) is 0.909. The number of carbonyl (C=O) groups excluding carboxylic acids is 1. The van der Waals surface area contributed by atoms with Gasteiger partial charge in [-0.2, -0.15) is 0 Å². The Bertz CT molecular complexity index is 203. The maximum atomic E-state index is 11.6. The minimum atomic E-state index is -0.348. The van der Waals surface area contributed by atoms with Crippen molar-refractivity contribution < 1.29 is 14.3 Å². The molecule has 0 aliphatic carbocycles. The van der Waals surface area contributed by atoms with Gasteiger partial charge >= 0.3 is 0 Å². The lowest BCUT2D eigenvalue weighted by Crippen LogP contribution is -2.48. The minimum Gasteiger partial charge on any atom is -0.379 e. The van der Waals surface area contributed by atoms with Crippen LogP contribution in [0.4, 0.5) is 0 Å². The first-order valence-electron chi connectivity index (χ1n) is 5.88. The molecule has 0 aromatic carbocycles. The van der Waals surface area contributed by atoms with E-state index in [-0.39, 0.29) is 12.0 Å². The monoisotopic (exact) mass is 230 g/mol. The standard InChI is InChI=1S/C11H22N2O3/c1-9(2)8-15-5-4-13-11(14)10-7-12-3-6-16-10/h9-10,12H,3-8H2,1-2H3,(H,13,14). The SMILES string of the molecule is CC(C)COCCNC(=O)C1CNCCO1. The van der Waals surface area contributed by atoms with Crippen LogP contribution in [0, 0.1) is 5.92 Å². The van der Waals surface area contributed by atoms with E-state index in [0.717, 1.165) is 13.2 Å². The summed E-state index contributed by atoms with van der Waals surface area (Å²) in [5, 5.41) is 5.91. The maximum Gasteiger partial charge on any atom is 0.250 e. The van der Waals surface area contributed by atoms with E-state index in [1.165, 1.54) is 0 Å². The lowest BCUT2D eigenvalue weighted by atomic mass is 10.2. The van der Waals surface area contributed by atoms with Gasteiger partial charge in [0, 0.05) is 26.2 Å². The highest BCUT2D eigenvalue weighted by Crippen LogP contribution is 1.95. The van der Waals surface area contributed by atoms with Gasteiger partial charge in [-0.15, -0.1) is 0 Å². The molecule has 0 saturated carbocycles. The fourth-order valence-corrected chi connectivity index (χ4v) is 1.41. The summed E-state index contributed by atoms with van der Waals surface area (Å²) in [6.45, 7) is 8.05. The number of amides is 1. The Hall–Kier alpha value is -0.650. The molecule has 0 spiro atoms. The van der Waals surface area contributed by atoms with Crippen molar-refractivity contribution in [3.05, 3.63) is 0 Å². The van der Waals surface area contributed by atoms with Crippen LogP contribution in [0.5, 0.6) is 0 Å². The maximum absolute atomic E-state index is 11.6. The molecule has 0 aromatic rings. The summed E-state index contributed by atoms with van der Waals surface area (Å²) in [5.41, 5.74) is 0. The molecule has 1 aliphatic rings. The van der Waals surface area contributed by atoms with Crippen molar-refractivity contribution in [2.24, 2.45) is 5.92 Å². The van der Waals surface area contributed by atoms with Crippen LogP contribution in [0.1, 0.15) is 13.8 Å². The van der Waals surface area contributed by atoms with Gasteiger partial charge in [0.2, 0.25) is 0 Å². The summed E-state index contributed by atoms with van der Waals surface area (Å²) in [6.07, 6.45) is -0.348. The minimum absolute atomic E-state index is 0.0552. The van der Waals surface area contributed by atoms with Crippen molar-refractivity contribution in [3.63, 3.8) is 0 Å². The Kier molecular flexibility index (Phi) is 6.37. The molecular formula is C11H22N2O3. The molecule has 0 bridgehead atoms. The van der Waals surface area contributed by atoms with Gasteiger partial charge in [-0.1, -0.05) is 13.8 Å². The van der Waals surface area contributed by atoms with E-state index < -0.39 is 0 Å². The van der Waals surface area contributed by atoms with Gasteiger partial charge < -0.3 is 20.1 Å². The van der Waals surface area contributed by atoms with Gasteiger partial charge in [0.15, 0.2) is 0 Å². The Morgan fingerprint density at radius 1 is 1.62 bits per heavy atom. The molecule has 94 valence electrons. The number of rotatable bonds is 6. The van der Waals surface area contributed by atoms with E-state index in [4.69, 9.17) is 9.47 Å². The number of carbonyl (C=O) groups is 1. The van der Waals surface area contributed by atoms with Crippen LogP contribution in [0.25, 0.3) is 0 Å². The third kappa shape index (κ3) is 5.44. The van der Waals surface area contributed by atoms with E-state index in [0.29, 0.717) is 32.2 Å². The first-order valence-corrected chi connectivity index (χ1v) is 5.88. The Labute approximate surface area is 96.9 Å². The summed E-state index contributed by atoms with van der Waals surface area (Å²) in [4.78, 5) is 11.6. The summed E-state index contributed by atoms with van der Waals surface area (Å²) < 4.78 is 10.7. The van der Waals surface area contributed by atoms with Crippen molar-refractivity contribution in [3.8, 4) is 0 Å². The number of hydrogen-bond acceptors (Lipinski definition) is 4. The molecule has 1 heterocycles. The molecule has 5 nitrogen and oxygen atoms in total. The molecule has 2 N–H and O–H groups in total. The topological polar surface area (TPSA) is 59.6 Å². The summed E-state index contributed by atoms with van der Waals surface area (Å²) >= 11 is 0. The summed E-state index contributed by atoms with van der Waals surface area (Å²) in [6, 6.07) is 0. The molecule has 1 amide bonds. The molecular weight excluding hydrogens is 208 g/mol. The van der Waals surface area contributed by atoms with Gasteiger partial charge in [0.05, 0.1) is 13.2 Å². The normalized spacial score (nSPS) is 21.1. The molecule has 1 rings (SSSR count). The van der Waals surface area contributed by atoms with Crippen molar-refractivity contribution in [1.29, 1.82) is 0 Å². The quantitative estimate of drug-likeness (QED) is 0.619. The van der Waals surface area contributed by atoms with E-state index >= 15 is 0 Å². The van der Waals surface area contributed by atoms with Crippen LogP contribution in [-0.4, -0.2) is 51.5 Å². The largest absolute Gasteiger partial charge is 0.379 e. The van der Waals surface area contributed by atoms with Gasteiger partial charge in [-0.3, -0.25) is 4.79 Å². The van der Waals surface area contributed by atoms with Crippen molar-refractivity contribution in [1.82, 2.24) is 10.6 Å². The average molecular weight is 230 g/mol. The molecule has 5 heteroatoms. The van der Waals surface area contributed by atoms with Crippen LogP contribution in [0.2, 0.25) is 0 Å². The lowest BCUT2D eigenvalue weighted by molar-refractivity contribution is -0.134. The molecule has 1 fully saturated rings. The van der Waals surface area contributed by atoms with Gasteiger partial charge in [0.25, 0.3) is 5.91 Å². The van der Waals surface area contributed by atoms with Crippen molar-refractivity contribution in [2.45, 2.75) is 20.0 Å². The third-order valence-electron chi connectivity index (χ3n) is 2.22. The molecule has 1 aliphatic heterocycles. The second-order valence-electron chi connectivity index (χ2n) is 4.32. The van der Waals surface area contributed by atoms with E-state index in [2.05, 4.69) is 24.5 Å². The van der Waals surface area contributed by atoms with Gasteiger partial charge in [0.1, 0.15) is 6.10 Å². The first kappa shape index (κ1) is 13.4. The zero-order chi connectivity index (χ0) is 11.8. The summed E-state index contributed by atoms with van der Waals surface area (Å²) in [5.74, 6) is 0.474. The summed E-state index contributed by atoms with van der Waals surface area (Å²) in [7, 11) is 0.